The van der Waals surface area contributed by atoms with Crippen molar-refractivity contribution in [3.63, 3.8) is 0 Å². The van der Waals surface area contributed by atoms with E-state index in [0.717, 1.165) is 0 Å². The monoisotopic (exact) mass is 556 g/mol. The van der Waals surface area contributed by atoms with Gasteiger partial charge in [-0.3, -0.25) is 4.79 Å². The van der Waals surface area contributed by atoms with Gasteiger partial charge in [-0.15, -0.1) is 0 Å². The van der Waals surface area contributed by atoms with Crippen LogP contribution in [0, 0.1) is 0 Å². The Balaban J connectivity index is 1.43. The normalized spacial score (nSPS) is 19.5. The predicted octanol–water partition coefficient (Wildman–Crippen LogP) is 3.83. The van der Waals surface area contributed by atoms with Gasteiger partial charge >= 0.3 is 6.18 Å². The summed E-state index contributed by atoms with van der Waals surface area (Å²) in [6.07, 6.45) is -5.61. The lowest BCUT2D eigenvalue weighted by Crippen LogP contribution is -2.29. The number of alkyl halides is 3. The number of fused-ring (bicyclic) bond motifs is 1. The maximum atomic E-state index is 13.4. The Kier molecular flexibility index (Phi) is 7.30. The summed E-state index contributed by atoms with van der Waals surface area (Å²) in [5.74, 6) is -1.65. The highest BCUT2D eigenvalue weighted by atomic mass is 32.1. The first-order valence-electron chi connectivity index (χ1n) is 11.7. The second kappa shape index (κ2) is 10.8. The van der Waals surface area contributed by atoms with Crippen molar-refractivity contribution in [3.8, 4) is 0 Å². The molecule has 0 unspecified atom stereocenters. The molecule has 5 rings (SSSR count). The molecule has 1 aromatic heterocycles. The molecule has 10 nitrogen and oxygen atoms in total. The molecule has 39 heavy (non-hydrogen) atoms. The number of hydrogen-bond acceptors (Lipinski definition) is 8. The summed E-state index contributed by atoms with van der Waals surface area (Å²) in [5, 5.41) is 14.9. The first-order valence-corrected chi connectivity index (χ1v) is 12.5. The topological polar surface area (TPSA) is 146 Å². The van der Waals surface area contributed by atoms with Crippen LogP contribution in [-0.2, 0) is 20.4 Å². The fraction of sp³-hybridized carbons (Fsp3) is 0.240. The highest BCUT2D eigenvalue weighted by molar-refractivity contribution is 7.16. The number of para-hydroxylation sites is 1. The Morgan fingerprint density at radius 2 is 1.95 bits per heavy atom. The van der Waals surface area contributed by atoms with Gasteiger partial charge in [0.25, 0.3) is 11.9 Å². The number of benzodiazepines with no additional fused rings is 1. The minimum Gasteiger partial charge on any atom is -0.769 e. The molecule has 1 amide bonds. The predicted molar refractivity (Wildman–Crippen MR) is 141 cm³/mol. The fourth-order valence-corrected chi connectivity index (χ4v) is 4.87. The number of thiazole rings is 1. The lowest BCUT2D eigenvalue weighted by atomic mass is 10.0. The van der Waals surface area contributed by atoms with Crippen molar-refractivity contribution in [2.45, 2.75) is 24.8 Å². The number of anilines is 2. The summed E-state index contributed by atoms with van der Waals surface area (Å²) >= 11 is 0.308. The van der Waals surface area contributed by atoms with E-state index in [1.165, 1.54) is 0 Å². The number of nitrogens with one attached hydrogen (secondary N) is 2. The second-order valence-electron chi connectivity index (χ2n) is 8.53. The number of carbonyl (C=O) groups is 1. The van der Waals surface area contributed by atoms with Crippen LogP contribution < -0.4 is 16.4 Å². The molecular weight excluding hydrogens is 535 g/mol. The van der Waals surface area contributed by atoms with Crippen molar-refractivity contribution in [2.24, 2.45) is 15.7 Å². The number of amidine groups is 1. The summed E-state index contributed by atoms with van der Waals surface area (Å²) < 4.78 is 50.5. The zero-order valence-electron chi connectivity index (χ0n) is 20.1. The van der Waals surface area contributed by atoms with Gasteiger partial charge in [-0.05, 0) is 12.5 Å². The van der Waals surface area contributed by atoms with Crippen LogP contribution in [0.15, 0.2) is 64.6 Å². The van der Waals surface area contributed by atoms with Crippen molar-refractivity contribution < 1.29 is 27.4 Å². The lowest BCUT2D eigenvalue weighted by Gasteiger charge is -2.16. The largest absolute Gasteiger partial charge is 0.769 e. The average molecular weight is 557 g/mol. The van der Waals surface area contributed by atoms with E-state index in [2.05, 4.69) is 25.6 Å². The molecule has 0 aliphatic carbocycles. The molecule has 2 aliphatic heterocycles. The fourth-order valence-electron chi connectivity index (χ4n) is 3.97. The number of aromatic nitrogens is 1. The molecule has 0 radical (unpaired) electrons. The smallest absolute Gasteiger partial charge is 0.443 e. The van der Waals surface area contributed by atoms with E-state index in [0.29, 0.717) is 46.9 Å². The third-order valence-corrected chi connectivity index (χ3v) is 6.79. The molecule has 14 heteroatoms. The van der Waals surface area contributed by atoms with E-state index in [1.807, 2.05) is 30.3 Å². The first kappa shape index (κ1) is 26.3. The molecule has 3 heterocycles. The minimum absolute atomic E-state index is 0.0739. The number of nitrogens with two attached hydrogens (primary N) is 1. The van der Waals surface area contributed by atoms with Crippen LogP contribution in [0.3, 0.4) is 0 Å². The molecule has 0 bridgehead atoms. The average Bonchev–Trinajstić information content (AvgIpc) is 3.55. The molecule has 1 saturated heterocycles. The van der Waals surface area contributed by atoms with Gasteiger partial charge in [-0.1, -0.05) is 59.9 Å². The number of halogens is 3. The highest BCUT2D eigenvalue weighted by Crippen LogP contribution is 2.37. The number of benzene rings is 2. The van der Waals surface area contributed by atoms with Crippen LogP contribution in [0.4, 0.5) is 23.9 Å². The summed E-state index contributed by atoms with van der Waals surface area (Å²) in [6, 6.07) is 15.2. The van der Waals surface area contributed by atoms with Crippen LogP contribution in [0.5, 0.6) is 0 Å². The molecule has 2 aromatic carbocycles. The Labute approximate surface area is 224 Å². The van der Waals surface area contributed by atoms with Crippen LogP contribution in [0.1, 0.15) is 28.2 Å². The Morgan fingerprint density at radius 3 is 2.67 bits per heavy atom. The van der Waals surface area contributed by atoms with E-state index in [9.17, 15) is 23.4 Å². The number of aliphatic imine (C=N–C) groups is 2. The van der Waals surface area contributed by atoms with Gasteiger partial charge in [-0.25, -0.2) is 9.98 Å². The molecule has 2 atom stereocenters. The van der Waals surface area contributed by atoms with Crippen molar-refractivity contribution >= 4 is 45.6 Å². The van der Waals surface area contributed by atoms with E-state index >= 15 is 0 Å². The summed E-state index contributed by atoms with van der Waals surface area (Å²) in [7, 11) is 0. The Morgan fingerprint density at radius 1 is 1.21 bits per heavy atom. The maximum absolute atomic E-state index is 13.4. The van der Waals surface area contributed by atoms with Crippen LogP contribution >= 0.6 is 11.3 Å². The van der Waals surface area contributed by atoms with E-state index in [4.69, 9.17) is 15.2 Å². The number of hydrogen-bond donors (Lipinski definition) is 3. The molecular formula is C25H21F3N7O3S-. The quantitative estimate of drug-likeness (QED) is 0.322. The summed E-state index contributed by atoms with van der Waals surface area (Å²) in [6.45, 7) is 0.730. The molecule has 2 aliphatic rings. The molecule has 3 aromatic rings. The maximum Gasteiger partial charge on any atom is 0.443 e. The number of carbonyl (C=O) groups excluding carboxylic acids is 1. The van der Waals surface area contributed by atoms with Crippen LogP contribution in [0.25, 0.3) is 5.41 Å². The SMILES string of the molecule is [N-]=C(O/C(N)=N/[C@H]1N=C(c2ccccc2)c2ccccc2NC1=O)c1nc(C(F)(F)F)sc1N[C@@H]1CCOC1. The van der Waals surface area contributed by atoms with Crippen molar-refractivity contribution in [3.05, 3.63) is 81.8 Å². The number of amides is 1. The first-order chi connectivity index (χ1) is 18.7. The van der Waals surface area contributed by atoms with Gasteiger partial charge < -0.3 is 31.3 Å². The molecule has 4 N–H and O–H groups in total. The van der Waals surface area contributed by atoms with Gasteiger partial charge in [-0.2, -0.15) is 18.2 Å². The van der Waals surface area contributed by atoms with Gasteiger partial charge in [0.15, 0.2) is 0 Å². The van der Waals surface area contributed by atoms with Gasteiger partial charge in [0.05, 0.1) is 24.0 Å². The zero-order valence-corrected chi connectivity index (χ0v) is 20.9. The molecule has 0 saturated carbocycles. The summed E-state index contributed by atoms with van der Waals surface area (Å²) in [4.78, 5) is 24.9. The van der Waals surface area contributed by atoms with E-state index in [1.54, 1.807) is 24.3 Å². The Hall–Kier alpha value is -4.30. The van der Waals surface area contributed by atoms with Crippen molar-refractivity contribution in [1.82, 2.24) is 4.98 Å². The van der Waals surface area contributed by atoms with Gasteiger partial charge in [0.1, 0.15) is 10.7 Å². The minimum atomic E-state index is -4.75. The molecule has 0 spiro atoms. The van der Waals surface area contributed by atoms with E-state index in [-0.39, 0.29) is 17.6 Å². The van der Waals surface area contributed by atoms with Crippen molar-refractivity contribution in [1.29, 1.82) is 0 Å². The number of nitrogens with zero attached hydrogens (tertiary/aromatic N) is 4. The molecule has 202 valence electrons. The van der Waals surface area contributed by atoms with Crippen LogP contribution in [-0.4, -0.2) is 53.9 Å². The summed E-state index contributed by atoms with van der Waals surface area (Å²) in [5.41, 5.74) is 7.69. The lowest BCUT2D eigenvalue weighted by molar-refractivity contribution is -0.137. The van der Waals surface area contributed by atoms with Crippen LogP contribution in [0.2, 0.25) is 0 Å². The zero-order chi connectivity index (χ0) is 27.6. The number of rotatable bonds is 5. The standard InChI is InChI=1S/C25H21F3N7O3S/c26-25(27,28)23-34-18(22(39-23)31-14-10-11-37-12-14)19(29)38-24(30)35-20-21(36)32-16-9-5-4-8-15(16)17(33-20)13-6-2-1-3-7-13/h1-9,14,20,31H,10-12H2,(H2,30,35)(H,32,36)/q-1/t14-,20-/m1/s1. The van der Waals surface area contributed by atoms with Gasteiger partial charge in [0.2, 0.25) is 11.2 Å². The van der Waals surface area contributed by atoms with E-state index < -0.39 is 40.9 Å². The third kappa shape index (κ3) is 5.91. The highest BCUT2D eigenvalue weighted by Gasteiger charge is 2.37. The second-order valence-corrected chi connectivity index (χ2v) is 9.53. The van der Waals surface area contributed by atoms with Gasteiger partial charge in [0, 0.05) is 23.6 Å². The number of ether oxygens (including phenoxy) is 2. The third-order valence-electron chi connectivity index (χ3n) is 5.76. The molecule has 1 fully saturated rings. The van der Waals surface area contributed by atoms with Crippen molar-refractivity contribution in [2.75, 3.05) is 23.8 Å². The Bertz CT molecular complexity index is 1450.